The van der Waals surface area contributed by atoms with E-state index in [-0.39, 0.29) is 24.3 Å². The summed E-state index contributed by atoms with van der Waals surface area (Å²) < 4.78 is 5.45. The summed E-state index contributed by atoms with van der Waals surface area (Å²) in [5.74, 6) is -0.101. The lowest BCUT2D eigenvalue weighted by Gasteiger charge is -2.34. The average Bonchev–Trinajstić information content (AvgIpc) is 3.61. The number of halogens is 1. The maximum absolute atomic E-state index is 15.0. The van der Waals surface area contributed by atoms with Gasteiger partial charge >= 0.3 is 0 Å². The smallest absolute Gasteiger partial charge is 0.253 e. The van der Waals surface area contributed by atoms with Crippen molar-refractivity contribution in [1.82, 2.24) is 19.7 Å². The van der Waals surface area contributed by atoms with Gasteiger partial charge in [-0.2, -0.15) is 0 Å². The van der Waals surface area contributed by atoms with E-state index in [1.165, 1.54) is 0 Å². The van der Waals surface area contributed by atoms with Crippen molar-refractivity contribution in [2.75, 3.05) is 51.7 Å². The topological polar surface area (TPSA) is 95.1 Å². The summed E-state index contributed by atoms with van der Waals surface area (Å²) in [7, 11) is 1.56. The molecule has 3 aliphatic heterocycles. The zero-order chi connectivity index (χ0) is 36.0. The number of anilines is 1. The minimum Gasteiger partial charge on any atom is -0.495 e. The lowest BCUT2D eigenvalue weighted by Crippen LogP contribution is -2.40. The molecule has 52 heavy (non-hydrogen) atoms. The standard InChI is InChI=1S/C42H48ClN5O4/c1-52-37-19-18-31(43)26-36(37)45-38(49)28-46-25-20-35-33(27-46)40(32-12-6-7-13-34(32)44-35)39(42(51)48-23-10-4-5-11-24-48)29-14-16-30(17-15-29)41(50)47-21-8-2-3-9-22-47/h6-7,12-19,26,39H,2-5,8-11,20-25,27-28H2,1H3,(H,45,49). The fourth-order valence-electron chi connectivity index (χ4n) is 8.10. The molecule has 0 aliphatic carbocycles. The van der Waals surface area contributed by atoms with E-state index < -0.39 is 5.92 Å². The average molecular weight is 722 g/mol. The number of nitrogens with zero attached hydrogens (tertiary/aromatic N) is 4. The highest BCUT2D eigenvalue weighted by Crippen LogP contribution is 2.39. The Morgan fingerprint density at radius 2 is 1.50 bits per heavy atom. The van der Waals surface area contributed by atoms with Crippen molar-refractivity contribution in [3.05, 3.63) is 99.7 Å². The summed E-state index contributed by atoms with van der Waals surface area (Å²) >= 11 is 6.23. The summed E-state index contributed by atoms with van der Waals surface area (Å²) in [4.78, 5) is 53.2. The van der Waals surface area contributed by atoms with Gasteiger partial charge < -0.3 is 19.9 Å². The number of para-hydroxylation sites is 1. The van der Waals surface area contributed by atoms with Gasteiger partial charge in [0, 0.05) is 67.4 Å². The van der Waals surface area contributed by atoms with Crippen molar-refractivity contribution >= 4 is 45.9 Å². The molecule has 1 N–H and O–H groups in total. The first-order valence-electron chi connectivity index (χ1n) is 18.8. The quantitative estimate of drug-likeness (QED) is 0.203. The number of likely N-dealkylation sites (tertiary alicyclic amines) is 2. The lowest BCUT2D eigenvalue weighted by atomic mass is 9.82. The molecule has 0 radical (unpaired) electrons. The fourth-order valence-corrected chi connectivity index (χ4v) is 8.27. The van der Waals surface area contributed by atoms with Crippen LogP contribution in [-0.2, 0) is 22.6 Å². The Balaban J connectivity index is 1.25. The predicted molar refractivity (Wildman–Crippen MR) is 205 cm³/mol. The number of rotatable bonds is 8. The van der Waals surface area contributed by atoms with E-state index >= 15 is 0 Å². The molecule has 1 unspecified atom stereocenters. The number of nitrogens with one attached hydrogen (secondary N) is 1. The molecule has 0 spiro atoms. The number of carbonyl (C=O) groups is 3. The number of pyridine rings is 1. The van der Waals surface area contributed by atoms with Gasteiger partial charge in [0.25, 0.3) is 5.91 Å². The van der Waals surface area contributed by atoms with E-state index in [2.05, 4.69) is 16.3 Å². The molecule has 272 valence electrons. The van der Waals surface area contributed by atoms with Gasteiger partial charge in [-0.25, -0.2) is 0 Å². The van der Waals surface area contributed by atoms with E-state index in [9.17, 15) is 14.4 Å². The zero-order valence-electron chi connectivity index (χ0n) is 30.0. The van der Waals surface area contributed by atoms with Crippen LogP contribution in [0, 0.1) is 0 Å². The maximum Gasteiger partial charge on any atom is 0.253 e. The van der Waals surface area contributed by atoms with E-state index in [0.717, 1.165) is 111 Å². The van der Waals surface area contributed by atoms with Gasteiger partial charge in [-0.15, -0.1) is 0 Å². The Bertz CT molecular complexity index is 1920. The number of amides is 3. The van der Waals surface area contributed by atoms with Crippen LogP contribution in [0.25, 0.3) is 10.9 Å². The molecule has 3 aromatic carbocycles. The van der Waals surface area contributed by atoms with Gasteiger partial charge in [0.05, 0.1) is 30.8 Å². The van der Waals surface area contributed by atoms with Crippen molar-refractivity contribution in [3.8, 4) is 5.75 Å². The highest BCUT2D eigenvalue weighted by Gasteiger charge is 2.35. The van der Waals surface area contributed by atoms with Crippen molar-refractivity contribution in [1.29, 1.82) is 0 Å². The molecule has 4 heterocycles. The highest BCUT2D eigenvalue weighted by atomic mass is 35.5. The molecule has 2 saturated heterocycles. The van der Waals surface area contributed by atoms with Crippen LogP contribution in [0.4, 0.5) is 5.69 Å². The number of aromatic nitrogens is 1. The third-order valence-electron chi connectivity index (χ3n) is 10.8. The van der Waals surface area contributed by atoms with Crippen molar-refractivity contribution in [2.45, 2.75) is 70.3 Å². The molecule has 9 nitrogen and oxygen atoms in total. The molecular weight excluding hydrogens is 674 g/mol. The third-order valence-corrected chi connectivity index (χ3v) is 11.0. The summed E-state index contributed by atoms with van der Waals surface area (Å²) in [6.07, 6.45) is 9.23. The zero-order valence-corrected chi connectivity index (χ0v) is 30.8. The molecule has 7 rings (SSSR count). The number of fused-ring (bicyclic) bond motifs is 2. The monoisotopic (exact) mass is 721 g/mol. The maximum atomic E-state index is 15.0. The Morgan fingerprint density at radius 1 is 0.827 bits per heavy atom. The largest absolute Gasteiger partial charge is 0.495 e. The van der Waals surface area contributed by atoms with Gasteiger partial charge in [-0.3, -0.25) is 24.3 Å². The van der Waals surface area contributed by atoms with Crippen LogP contribution in [0.5, 0.6) is 5.75 Å². The van der Waals surface area contributed by atoms with Gasteiger partial charge in [0.15, 0.2) is 0 Å². The van der Waals surface area contributed by atoms with Crippen LogP contribution in [0.2, 0.25) is 5.02 Å². The number of ether oxygens (including phenoxy) is 1. The SMILES string of the molecule is COc1ccc(Cl)cc1NC(=O)CN1CCc2nc3ccccc3c(C(C(=O)N3CCCCCC3)c3ccc(C(=O)N4CCCCCC4)cc3)c2C1. The Kier molecular flexibility index (Phi) is 11.4. The second-order valence-electron chi connectivity index (χ2n) is 14.3. The first kappa shape index (κ1) is 35.9. The molecule has 4 aromatic rings. The summed E-state index contributed by atoms with van der Waals surface area (Å²) in [5, 5.41) is 4.42. The molecule has 10 heteroatoms. The Hall–Kier alpha value is -4.47. The Morgan fingerprint density at radius 3 is 2.19 bits per heavy atom. The van der Waals surface area contributed by atoms with E-state index in [1.54, 1.807) is 25.3 Å². The minimum absolute atomic E-state index is 0.0555. The van der Waals surface area contributed by atoms with Gasteiger partial charge in [-0.1, -0.05) is 67.6 Å². The van der Waals surface area contributed by atoms with Crippen LogP contribution in [0.1, 0.15) is 90.0 Å². The number of carbonyl (C=O) groups excluding carboxylic acids is 3. The molecule has 0 bridgehead atoms. The second kappa shape index (κ2) is 16.5. The highest BCUT2D eigenvalue weighted by molar-refractivity contribution is 6.31. The summed E-state index contributed by atoms with van der Waals surface area (Å²) in [5.41, 5.74) is 5.80. The lowest BCUT2D eigenvalue weighted by molar-refractivity contribution is -0.131. The van der Waals surface area contributed by atoms with Crippen molar-refractivity contribution in [2.24, 2.45) is 0 Å². The van der Waals surface area contributed by atoms with E-state index in [0.29, 0.717) is 41.5 Å². The molecule has 0 saturated carbocycles. The number of benzene rings is 3. The molecule has 1 aromatic heterocycles. The van der Waals surface area contributed by atoms with E-state index in [1.807, 2.05) is 52.3 Å². The summed E-state index contributed by atoms with van der Waals surface area (Å²) in [6, 6.07) is 21.0. The number of hydrogen-bond acceptors (Lipinski definition) is 6. The predicted octanol–water partition coefficient (Wildman–Crippen LogP) is 7.44. The number of hydrogen-bond donors (Lipinski definition) is 1. The summed E-state index contributed by atoms with van der Waals surface area (Å²) in [6.45, 7) is 4.30. The van der Waals surface area contributed by atoms with Crippen molar-refractivity contribution in [3.63, 3.8) is 0 Å². The molecule has 3 amide bonds. The van der Waals surface area contributed by atoms with Crippen LogP contribution in [0.3, 0.4) is 0 Å². The minimum atomic E-state index is -0.591. The third kappa shape index (κ3) is 7.96. The molecule has 2 fully saturated rings. The van der Waals surface area contributed by atoms with Gasteiger partial charge in [-0.05, 0) is 78.8 Å². The van der Waals surface area contributed by atoms with Gasteiger partial charge in [0.1, 0.15) is 5.75 Å². The molecule has 1 atom stereocenters. The number of methoxy groups -OCH3 is 1. The van der Waals surface area contributed by atoms with Crippen LogP contribution < -0.4 is 10.1 Å². The van der Waals surface area contributed by atoms with Crippen LogP contribution in [0.15, 0.2) is 66.7 Å². The molecular formula is C42H48ClN5O4. The van der Waals surface area contributed by atoms with Gasteiger partial charge in [0.2, 0.25) is 11.8 Å². The second-order valence-corrected chi connectivity index (χ2v) is 14.8. The Labute approximate surface area is 311 Å². The first-order chi connectivity index (χ1) is 25.4. The van der Waals surface area contributed by atoms with Crippen molar-refractivity contribution < 1.29 is 19.1 Å². The fraction of sp³-hybridized carbons (Fsp3) is 0.429. The molecule has 3 aliphatic rings. The van der Waals surface area contributed by atoms with E-state index in [4.69, 9.17) is 21.3 Å². The normalized spacial score (nSPS) is 17.5. The van der Waals surface area contributed by atoms with Crippen LogP contribution >= 0.6 is 11.6 Å². The van der Waals surface area contributed by atoms with Crippen LogP contribution in [-0.4, -0.2) is 83.8 Å². The first-order valence-corrected chi connectivity index (χ1v) is 19.2.